The molecule has 1 atom stereocenters. The molecular weight excluding hydrogens is 362 g/mol. The van der Waals surface area contributed by atoms with Crippen molar-refractivity contribution in [3.63, 3.8) is 0 Å². The van der Waals surface area contributed by atoms with Crippen LogP contribution in [0.25, 0.3) is 10.9 Å². The van der Waals surface area contributed by atoms with Gasteiger partial charge in [-0.05, 0) is 48.4 Å². The molecular formula is C24H29N3O2. The predicted octanol–water partition coefficient (Wildman–Crippen LogP) is 4.14. The van der Waals surface area contributed by atoms with E-state index < -0.39 is 0 Å². The van der Waals surface area contributed by atoms with Crippen molar-refractivity contribution >= 4 is 16.8 Å². The van der Waals surface area contributed by atoms with Crippen molar-refractivity contribution in [2.45, 2.75) is 39.2 Å². The van der Waals surface area contributed by atoms with Gasteiger partial charge in [-0.2, -0.15) is 0 Å². The highest BCUT2D eigenvalue weighted by atomic mass is 16.5. The Balaban J connectivity index is 1.68. The zero-order valence-corrected chi connectivity index (χ0v) is 17.3. The number of carbonyl (C=O) groups excluding carboxylic acids is 1. The first kappa shape index (κ1) is 19.6. The minimum atomic E-state index is 0.0337. The van der Waals surface area contributed by atoms with Gasteiger partial charge < -0.3 is 14.2 Å². The number of hydrogen-bond donors (Lipinski definition) is 0. The molecule has 4 rings (SSSR count). The quantitative estimate of drug-likeness (QED) is 0.635. The van der Waals surface area contributed by atoms with Crippen molar-refractivity contribution in [3.8, 4) is 0 Å². The molecule has 1 aliphatic heterocycles. The van der Waals surface area contributed by atoms with Gasteiger partial charge in [0.25, 0.3) is 0 Å². The Bertz CT molecular complexity index is 989. The highest BCUT2D eigenvalue weighted by Crippen LogP contribution is 2.31. The molecule has 0 bridgehead atoms. The number of morpholine rings is 1. The lowest BCUT2D eigenvalue weighted by molar-refractivity contribution is -0.135. The number of para-hydroxylation sites is 1. The maximum atomic E-state index is 12.8. The lowest BCUT2D eigenvalue weighted by atomic mass is 10.0. The Morgan fingerprint density at radius 2 is 2.00 bits per heavy atom. The second-order valence-electron chi connectivity index (χ2n) is 7.68. The summed E-state index contributed by atoms with van der Waals surface area (Å²) in [7, 11) is 0. The van der Waals surface area contributed by atoms with Gasteiger partial charge in [0.1, 0.15) is 0 Å². The second kappa shape index (κ2) is 8.78. The first-order valence-corrected chi connectivity index (χ1v) is 10.5. The molecule has 1 fully saturated rings. The van der Waals surface area contributed by atoms with E-state index in [1.807, 2.05) is 17.2 Å². The number of fused-ring (bicyclic) bond motifs is 1. The second-order valence-corrected chi connectivity index (χ2v) is 7.68. The molecule has 0 spiro atoms. The predicted molar refractivity (Wildman–Crippen MR) is 115 cm³/mol. The Morgan fingerprint density at radius 3 is 2.76 bits per heavy atom. The van der Waals surface area contributed by atoms with Crippen LogP contribution in [0.4, 0.5) is 0 Å². The van der Waals surface area contributed by atoms with Crippen LogP contribution in [0, 0.1) is 6.92 Å². The van der Waals surface area contributed by atoms with E-state index in [-0.39, 0.29) is 11.9 Å². The largest absolute Gasteiger partial charge is 0.378 e. The van der Waals surface area contributed by atoms with Gasteiger partial charge in [-0.15, -0.1) is 0 Å². The van der Waals surface area contributed by atoms with E-state index in [1.165, 1.54) is 16.5 Å². The number of rotatable bonds is 6. The van der Waals surface area contributed by atoms with Crippen molar-refractivity contribution in [2.24, 2.45) is 0 Å². The fourth-order valence-electron chi connectivity index (χ4n) is 4.33. The molecule has 0 radical (unpaired) electrons. The van der Waals surface area contributed by atoms with Crippen molar-refractivity contribution < 1.29 is 9.53 Å². The summed E-state index contributed by atoms with van der Waals surface area (Å²) in [6.45, 7) is 6.95. The summed E-state index contributed by atoms with van der Waals surface area (Å²) in [6, 6.07) is 12.8. The Morgan fingerprint density at radius 1 is 1.17 bits per heavy atom. The average Bonchev–Trinajstić information content (AvgIpc) is 3.20. The molecule has 29 heavy (non-hydrogen) atoms. The number of ether oxygens (including phenoxy) is 1. The smallest absolute Gasteiger partial charge is 0.222 e. The third-order valence-electron chi connectivity index (χ3n) is 5.90. The topological polar surface area (TPSA) is 47.4 Å². The molecule has 1 aliphatic rings. The number of amides is 1. The van der Waals surface area contributed by atoms with Gasteiger partial charge in [-0.1, -0.05) is 31.2 Å². The summed E-state index contributed by atoms with van der Waals surface area (Å²) < 4.78 is 7.71. The van der Waals surface area contributed by atoms with E-state index in [2.05, 4.69) is 54.9 Å². The standard InChI is InChI=1S/C24H29N3O2/c1-3-19-7-4-8-20-11-13-27(24(19)20)21(23-18(2)6-5-12-25-23)9-10-22(28)26-14-16-29-17-15-26/h4-8,11-13,21H,3,9-10,14-17H2,1-2H3. The molecule has 5 nitrogen and oxygen atoms in total. The monoisotopic (exact) mass is 391 g/mol. The number of pyridine rings is 1. The van der Waals surface area contributed by atoms with Crippen molar-refractivity contribution in [1.29, 1.82) is 0 Å². The molecule has 1 amide bonds. The fraction of sp³-hybridized carbons (Fsp3) is 0.417. The Kier molecular flexibility index (Phi) is 5.95. The van der Waals surface area contributed by atoms with Crippen LogP contribution in [-0.4, -0.2) is 46.7 Å². The third kappa shape index (κ3) is 4.06. The first-order valence-electron chi connectivity index (χ1n) is 10.5. The van der Waals surface area contributed by atoms with E-state index >= 15 is 0 Å². The van der Waals surface area contributed by atoms with E-state index in [0.717, 1.165) is 24.1 Å². The molecule has 0 saturated carbocycles. The average molecular weight is 392 g/mol. The SMILES string of the molecule is CCc1cccc2ccn(C(CCC(=O)N3CCOCC3)c3ncccc3C)c12. The van der Waals surface area contributed by atoms with Crippen LogP contribution in [-0.2, 0) is 16.0 Å². The highest BCUT2D eigenvalue weighted by Gasteiger charge is 2.23. The molecule has 0 aliphatic carbocycles. The van der Waals surface area contributed by atoms with Crippen LogP contribution < -0.4 is 0 Å². The van der Waals surface area contributed by atoms with Gasteiger partial charge in [-0.3, -0.25) is 9.78 Å². The summed E-state index contributed by atoms with van der Waals surface area (Å²) in [5, 5.41) is 1.24. The van der Waals surface area contributed by atoms with E-state index in [4.69, 9.17) is 9.72 Å². The highest BCUT2D eigenvalue weighted by molar-refractivity contribution is 5.84. The van der Waals surface area contributed by atoms with Crippen LogP contribution in [0.2, 0.25) is 0 Å². The summed E-state index contributed by atoms with van der Waals surface area (Å²) in [6.07, 6.45) is 6.22. The van der Waals surface area contributed by atoms with Crippen LogP contribution >= 0.6 is 0 Å². The van der Waals surface area contributed by atoms with Crippen LogP contribution in [0.3, 0.4) is 0 Å². The maximum absolute atomic E-state index is 12.8. The number of carbonyl (C=O) groups is 1. The molecule has 1 unspecified atom stereocenters. The van der Waals surface area contributed by atoms with E-state index in [1.54, 1.807) is 0 Å². The molecule has 5 heteroatoms. The molecule has 3 aromatic rings. The number of aromatic nitrogens is 2. The first-order chi connectivity index (χ1) is 14.2. The van der Waals surface area contributed by atoms with Crippen molar-refractivity contribution in [2.75, 3.05) is 26.3 Å². The van der Waals surface area contributed by atoms with Gasteiger partial charge >= 0.3 is 0 Å². The van der Waals surface area contributed by atoms with Crippen molar-refractivity contribution in [1.82, 2.24) is 14.5 Å². The number of nitrogens with zero attached hydrogens (tertiary/aromatic N) is 3. The summed E-state index contributed by atoms with van der Waals surface area (Å²) in [5.41, 5.74) is 4.78. The summed E-state index contributed by atoms with van der Waals surface area (Å²) in [5.74, 6) is 0.207. The maximum Gasteiger partial charge on any atom is 0.222 e. The minimum absolute atomic E-state index is 0.0337. The summed E-state index contributed by atoms with van der Waals surface area (Å²) in [4.78, 5) is 19.5. The fourth-order valence-corrected chi connectivity index (χ4v) is 4.33. The molecule has 152 valence electrons. The Labute approximate surface area is 172 Å². The van der Waals surface area contributed by atoms with Crippen LogP contribution in [0.1, 0.15) is 42.6 Å². The summed E-state index contributed by atoms with van der Waals surface area (Å²) >= 11 is 0. The molecule has 0 N–H and O–H groups in total. The lowest BCUT2D eigenvalue weighted by Gasteiger charge is -2.28. The van der Waals surface area contributed by atoms with Gasteiger partial charge in [0.2, 0.25) is 5.91 Å². The van der Waals surface area contributed by atoms with E-state index in [9.17, 15) is 4.79 Å². The van der Waals surface area contributed by atoms with Crippen LogP contribution in [0.15, 0.2) is 48.8 Å². The number of benzene rings is 1. The van der Waals surface area contributed by atoms with Gasteiger partial charge in [0, 0.05) is 31.9 Å². The van der Waals surface area contributed by atoms with Crippen LogP contribution in [0.5, 0.6) is 0 Å². The molecule has 2 aromatic heterocycles. The minimum Gasteiger partial charge on any atom is -0.378 e. The van der Waals surface area contributed by atoms with E-state index in [0.29, 0.717) is 32.7 Å². The molecule has 1 aromatic carbocycles. The van der Waals surface area contributed by atoms with Gasteiger partial charge in [0.15, 0.2) is 0 Å². The van der Waals surface area contributed by atoms with Gasteiger partial charge in [-0.25, -0.2) is 0 Å². The zero-order valence-electron chi connectivity index (χ0n) is 17.3. The number of hydrogen-bond acceptors (Lipinski definition) is 3. The Hall–Kier alpha value is -2.66. The normalized spacial score (nSPS) is 15.6. The molecule has 3 heterocycles. The molecule has 1 saturated heterocycles. The third-order valence-corrected chi connectivity index (χ3v) is 5.90. The van der Waals surface area contributed by atoms with Gasteiger partial charge in [0.05, 0.1) is 30.5 Å². The van der Waals surface area contributed by atoms with Crippen molar-refractivity contribution in [3.05, 3.63) is 65.6 Å². The number of aryl methyl sites for hydroxylation is 2. The lowest BCUT2D eigenvalue weighted by Crippen LogP contribution is -2.40. The zero-order chi connectivity index (χ0) is 20.2.